The van der Waals surface area contributed by atoms with Gasteiger partial charge in [0.1, 0.15) is 17.2 Å². The Morgan fingerprint density at radius 1 is 1.30 bits per heavy atom. The van der Waals surface area contributed by atoms with Crippen LogP contribution < -0.4 is 10.1 Å². The van der Waals surface area contributed by atoms with Gasteiger partial charge in [-0.05, 0) is 42.5 Å². The number of nitrogens with one attached hydrogen (secondary N) is 2. The van der Waals surface area contributed by atoms with E-state index in [0.717, 1.165) is 17.1 Å². The maximum absolute atomic E-state index is 12.1. The Labute approximate surface area is 133 Å². The highest BCUT2D eigenvalue weighted by Gasteiger charge is 2.11. The fourth-order valence-electron chi connectivity index (χ4n) is 2.20. The minimum atomic E-state index is -0.191. The number of benzene rings is 1. The Morgan fingerprint density at radius 2 is 2.13 bits per heavy atom. The molecule has 1 amide bonds. The number of aromatic amines is 1. The van der Waals surface area contributed by atoms with E-state index in [1.54, 1.807) is 19.4 Å². The van der Waals surface area contributed by atoms with E-state index >= 15 is 0 Å². The summed E-state index contributed by atoms with van der Waals surface area (Å²) in [6.45, 7) is 0.503. The molecule has 0 bridgehead atoms. The van der Waals surface area contributed by atoms with Gasteiger partial charge in [0, 0.05) is 18.5 Å². The molecular weight excluding hydrogens is 294 g/mol. The normalized spacial score (nSPS) is 10.5. The van der Waals surface area contributed by atoms with Crippen molar-refractivity contribution >= 4 is 5.91 Å². The predicted molar refractivity (Wildman–Crippen MR) is 85.3 cm³/mol. The second-order valence-electron chi connectivity index (χ2n) is 4.98. The molecule has 0 fully saturated rings. The van der Waals surface area contributed by atoms with E-state index < -0.39 is 0 Å². The van der Waals surface area contributed by atoms with E-state index in [1.807, 2.05) is 36.4 Å². The van der Waals surface area contributed by atoms with Crippen LogP contribution in [0.4, 0.5) is 0 Å². The summed E-state index contributed by atoms with van der Waals surface area (Å²) in [5.41, 5.74) is 2.05. The Hall–Kier alpha value is -3.02. The van der Waals surface area contributed by atoms with E-state index in [1.165, 1.54) is 0 Å². The third-order valence-corrected chi connectivity index (χ3v) is 3.45. The van der Waals surface area contributed by atoms with Crippen LogP contribution in [0, 0.1) is 0 Å². The summed E-state index contributed by atoms with van der Waals surface area (Å²) in [7, 11) is 1.62. The number of methoxy groups -OCH3 is 1. The van der Waals surface area contributed by atoms with Gasteiger partial charge in [-0.15, -0.1) is 0 Å². The maximum Gasteiger partial charge on any atom is 0.269 e. The Balaban J connectivity index is 1.60. The van der Waals surface area contributed by atoms with Crippen LogP contribution in [0.15, 0.2) is 53.1 Å². The highest BCUT2D eigenvalue weighted by atomic mass is 16.5. The van der Waals surface area contributed by atoms with Crippen LogP contribution in [0.2, 0.25) is 0 Å². The molecule has 0 unspecified atom stereocenters. The number of H-pyrrole nitrogens is 1. The van der Waals surface area contributed by atoms with Crippen LogP contribution in [0.5, 0.6) is 5.75 Å². The molecule has 2 heterocycles. The number of rotatable bonds is 6. The van der Waals surface area contributed by atoms with Gasteiger partial charge in [0.25, 0.3) is 5.91 Å². The molecule has 118 valence electrons. The van der Waals surface area contributed by atoms with Crippen molar-refractivity contribution in [3.8, 4) is 17.0 Å². The maximum atomic E-state index is 12.1. The quantitative estimate of drug-likeness (QED) is 0.733. The molecule has 0 atom stereocenters. The lowest BCUT2D eigenvalue weighted by Crippen LogP contribution is -2.25. The predicted octanol–water partition coefficient (Wildman–Crippen LogP) is 2.65. The molecule has 6 heteroatoms. The third-order valence-electron chi connectivity index (χ3n) is 3.45. The van der Waals surface area contributed by atoms with Gasteiger partial charge in [-0.3, -0.25) is 9.89 Å². The lowest BCUT2D eigenvalue weighted by atomic mass is 10.1. The fourth-order valence-corrected chi connectivity index (χ4v) is 2.20. The first-order valence-corrected chi connectivity index (χ1v) is 7.26. The largest absolute Gasteiger partial charge is 0.497 e. The van der Waals surface area contributed by atoms with Crippen LogP contribution in [0.3, 0.4) is 0 Å². The number of furan rings is 1. The number of carbonyl (C=O) groups is 1. The molecule has 2 N–H and O–H groups in total. The Bertz CT molecular complexity index is 761. The lowest BCUT2D eigenvalue weighted by Gasteiger charge is -2.01. The van der Waals surface area contributed by atoms with Gasteiger partial charge in [-0.1, -0.05) is 0 Å². The molecule has 0 saturated carbocycles. The first-order chi connectivity index (χ1) is 11.3. The van der Waals surface area contributed by atoms with Crippen LogP contribution in [-0.2, 0) is 6.42 Å². The van der Waals surface area contributed by atoms with Crippen LogP contribution >= 0.6 is 0 Å². The zero-order chi connectivity index (χ0) is 16.1. The molecule has 0 aliphatic rings. The van der Waals surface area contributed by atoms with Crippen molar-refractivity contribution in [2.24, 2.45) is 0 Å². The number of amides is 1. The molecule has 0 radical (unpaired) electrons. The summed E-state index contributed by atoms with van der Waals surface area (Å²) in [5.74, 6) is 1.43. The van der Waals surface area contributed by atoms with Crippen LogP contribution in [0.1, 0.15) is 16.2 Å². The van der Waals surface area contributed by atoms with Crippen molar-refractivity contribution in [1.29, 1.82) is 0 Å². The summed E-state index contributed by atoms with van der Waals surface area (Å²) < 4.78 is 10.3. The zero-order valence-corrected chi connectivity index (χ0v) is 12.7. The number of hydrogen-bond donors (Lipinski definition) is 2. The van der Waals surface area contributed by atoms with Gasteiger partial charge >= 0.3 is 0 Å². The number of aromatic nitrogens is 2. The van der Waals surface area contributed by atoms with Crippen molar-refractivity contribution in [2.45, 2.75) is 6.42 Å². The van der Waals surface area contributed by atoms with E-state index in [0.29, 0.717) is 24.4 Å². The fraction of sp³-hybridized carbons (Fsp3) is 0.176. The van der Waals surface area contributed by atoms with Gasteiger partial charge in [0.2, 0.25) is 0 Å². The van der Waals surface area contributed by atoms with Crippen molar-refractivity contribution in [3.63, 3.8) is 0 Å². The average Bonchev–Trinajstić information content (AvgIpc) is 3.26. The third kappa shape index (κ3) is 3.60. The average molecular weight is 311 g/mol. The molecule has 3 aromatic rings. The van der Waals surface area contributed by atoms with E-state index in [4.69, 9.17) is 9.15 Å². The van der Waals surface area contributed by atoms with Gasteiger partial charge in [0.15, 0.2) is 0 Å². The SMILES string of the molecule is COc1ccc(-c2cc(C(=O)NCCc3ccco3)[nH]n2)cc1. The molecule has 0 aliphatic carbocycles. The van der Waals surface area contributed by atoms with Crippen molar-refractivity contribution in [3.05, 3.63) is 60.2 Å². The van der Waals surface area contributed by atoms with Gasteiger partial charge in [-0.2, -0.15) is 5.10 Å². The zero-order valence-electron chi connectivity index (χ0n) is 12.7. The summed E-state index contributed by atoms with van der Waals surface area (Å²) in [4.78, 5) is 12.1. The van der Waals surface area contributed by atoms with E-state index in [-0.39, 0.29) is 5.91 Å². The second-order valence-corrected chi connectivity index (χ2v) is 4.98. The summed E-state index contributed by atoms with van der Waals surface area (Å²) in [5, 5.41) is 9.77. The van der Waals surface area contributed by atoms with Gasteiger partial charge in [0.05, 0.1) is 19.1 Å². The number of nitrogens with zero attached hydrogens (tertiary/aromatic N) is 1. The van der Waals surface area contributed by atoms with Crippen molar-refractivity contribution in [2.75, 3.05) is 13.7 Å². The topological polar surface area (TPSA) is 80.1 Å². The highest BCUT2D eigenvalue weighted by molar-refractivity contribution is 5.93. The summed E-state index contributed by atoms with van der Waals surface area (Å²) in [6.07, 6.45) is 2.27. The number of hydrogen-bond acceptors (Lipinski definition) is 4. The van der Waals surface area contributed by atoms with Crippen LogP contribution in [-0.4, -0.2) is 29.8 Å². The molecule has 6 nitrogen and oxygen atoms in total. The standard InChI is InChI=1S/C17H17N3O3/c1-22-13-6-4-12(5-7-13)15-11-16(20-19-15)17(21)18-9-8-14-3-2-10-23-14/h2-7,10-11H,8-9H2,1H3,(H,18,21)(H,19,20). The number of ether oxygens (including phenoxy) is 1. The lowest BCUT2D eigenvalue weighted by molar-refractivity contribution is 0.0948. The van der Waals surface area contributed by atoms with Crippen molar-refractivity contribution in [1.82, 2.24) is 15.5 Å². The molecule has 0 aliphatic heterocycles. The first kappa shape index (κ1) is 14.9. The molecule has 0 spiro atoms. The molecule has 3 rings (SSSR count). The molecule has 0 saturated heterocycles. The monoisotopic (exact) mass is 311 g/mol. The smallest absolute Gasteiger partial charge is 0.269 e. The molecule has 1 aromatic carbocycles. The summed E-state index contributed by atoms with van der Waals surface area (Å²) in [6, 6.07) is 12.9. The minimum absolute atomic E-state index is 0.191. The van der Waals surface area contributed by atoms with E-state index in [2.05, 4.69) is 15.5 Å². The van der Waals surface area contributed by atoms with Crippen LogP contribution in [0.25, 0.3) is 11.3 Å². The van der Waals surface area contributed by atoms with Gasteiger partial charge < -0.3 is 14.5 Å². The highest BCUT2D eigenvalue weighted by Crippen LogP contribution is 2.21. The molecular formula is C17H17N3O3. The first-order valence-electron chi connectivity index (χ1n) is 7.26. The summed E-state index contributed by atoms with van der Waals surface area (Å²) >= 11 is 0. The Morgan fingerprint density at radius 3 is 2.83 bits per heavy atom. The molecule has 23 heavy (non-hydrogen) atoms. The minimum Gasteiger partial charge on any atom is -0.497 e. The Kier molecular flexibility index (Phi) is 4.42. The second kappa shape index (κ2) is 6.83. The number of carbonyl (C=O) groups excluding carboxylic acids is 1. The van der Waals surface area contributed by atoms with Gasteiger partial charge in [-0.25, -0.2) is 0 Å². The van der Waals surface area contributed by atoms with E-state index in [9.17, 15) is 4.79 Å². The van der Waals surface area contributed by atoms with Crippen molar-refractivity contribution < 1.29 is 13.9 Å². The molecule has 2 aromatic heterocycles.